The quantitative estimate of drug-likeness (QED) is 0.701. The second-order valence-electron chi connectivity index (χ2n) is 5.51. The summed E-state index contributed by atoms with van der Waals surface area (Å²) in [5.74, 6) is 2.07. The summed E-state index contributed by atoms with van der Waals surface area (Å²) in [5, 5.41) is 0. The van der Waals surface area contributed by atoms with Gasteiger partial charge < -0.3 is 9.47 Å². The lowest BCUT2D eigenvalue weighted by Gasteiger charge is -2.19. The summed E-state index contributed by atoms with van der Waals surface area (Å²) in [6.45, 7) is 9.90. The summed E-state index contributed by atoms with van der Waals surface area (Å²) in [5.41, 5.74) is 1.32. The van der Waals surface area contributed by atoms with Crippen LogP contribution in [0.3, 0.4) is 0 Å². The molecule has 0 aliphatic rings. The van der Waals surface area contributed by atoms with Crippen molar-refractivity contribution in [2.75, 3.05) is 13.2 Å². The molecule has 0 aromatic heterocycles. The van der Waals surface area contributed by atoms with Gasteiger partial charge in [0.25, 0.3) is 0 Å². The molecule has 1 aromatic carbocycles. The molecule has 0 amide bonds. The van der Waals surface area contributed by atoms with Gasteiger partial charge in [-0.1, -0.05) is 26.8 Å². The molecule has 0 saturated carbocycles. The van der Waals surface area contributed by atoms with E-state index in [9.17, 15) is 0 Å². The first-order chi connectivity index (χ1) is 8.46. The molecule has 102 valence electrons. The van der Waals surface area contributed by atoms with Gasteiger partial charge in [-0.25, -0.2) is 0 Å². The molecule has 0 unspecified atom stereocenters. The third kappa shape index (κ3) is 5.18. The van der Waals surface area contributed by atoms with Crippen LogP contribution in [-0.4, -0.2) is 13.2 Å². The minimum absolute atomic E-state index is 0.280. The maximum Gasteiger partial charge on any atom is 0.161 e. The number of hydrogen-bond acceptors (Lipinski definition) is 2. The normalized spacial score (nSPS) is 11.4. The Bertz CT molecular complexity index is 369. The van der Waals surface area contributed by atoms with Crippen LogP contribution in [0.15, 0.2) is 18.2 Å². The van der Waals surface area contributed by atoms with Crippen molar-refractivity contribution in [2.45, 2.75) is 40.0 Å². The smallest absolute Gasteiger partial charge is 0.161 e. The van der Waals surface area contributed by atoms with Gasteiger partial charge in [0.05, 0.1) is 13.2 Å². The van der Waals surface area contributed by atoms with Gasteiger partial charge in [-0.05, 0) is 36.5 Å². The number of halogens is 1. The summed E-state index contributed by atoms with van der Waals surface area (Å²) in [7, 11) is 0. The first-order valence-corrected chi connectivity index (χ1v) is 6.94. The molecule has 0 bridgehead atoms. The lowest BCUT2D eigenvalue weighted by Crippen LogP contribution is -2.11. The number of hydrogen-bond donors (Lipinski definition) is 0. The Kier molecular flexibility index (Phi) is 5.80. The highest BCUT2D eigenvalue weighted by Gasteiger charge is 2.11. The topological polar surface area (TPSA) is 18.5 Å². The zero-order valence-corrected chi connectivity index (χ0v) is 12.5. The van der Waals surface area contributed by atoms with E-state index in [4.69, 9.17) is 21.1 Å². The van der Waals surface area contributed by atoms with Crippen LogP contribution in [0.2, 0.25) is 0 Å². The molecule has 1 aromatic rings. The fourth-order valence-corrected chi connectivity index (χ4v) is 1.66. The fraction of sp³-hybridized carbons (Fsp3) is 0.600. The molecule has 0 fully saturated rings. The van der Waals surface area contributed by atoms with Crippen LogP contribution >= 0.6 is 11.6 Å². The van der Waals surface area contributed by atoms with Gasteiger partial charge in [0, 0.05) is 5.88 Å². The molecule has 0 heterocycles. The van der Waals surface area contributed by atoms with E-state index < -0.39 is 0 Å². The summed E-state index contributed by atoms with van der Waals surface area (Å²) in [6, 6.07) is 5.86. The van der Waals surface area contributed by atoms with Gasteiger partial charge in [-0.15, -0.1) is 11.6 Å². The van der Waals surface area contributed by atoms with E-state index in [2.05, 4.69) is 20.8 Å². The molecule has 0 aliphatic heterocycles. The summed E-state index contributed by atoms with van der Waals surface area (Å²) >= 11 is 5.82. The molecular formula is C15H23ClO2. The zero-order chi connectivity index (χ0) is 13.6. The highest BCUT2D eigenvalue weighted by molar-refractivity contribution is 6.17. The van der Waals surface area contributed by atoms with Crippen LogP contribution in [0.5, 0.6) is 11.5 Å². The van der Waals surface area contributed by atoms with E-state index in [1.54, 1.807) is 0 Å². The lowest BCUT2D eigenvalue weighted by molar-refractivity contribution is 0.229. The van der Waals surface area contributed by atoms with Gasteiger partial charge in [0.15, 0.2) is 11.5 Å². The third-order valence-electron chi connectivity index (χ3n) is 2.57. The number of rotatable bonds is 6. The molecule has 0 aliphatic carbocycles. The van der Waals surface area contributed by atoms with Crippen LogP contribution in [-0.2, 0) is 5.88 Å². The van der Waals surface area contributed by atoms with Crippen LogP contribution < -0.4 is 9.47 Å². The first kappa shape index (κ1) is 15.2. The molecule has 3 heteroatoms. The maximum atomic E-state index is 5.82. The van der Waals surface area contributed by atoms with E-state index in [1.165, 1.54) is 0 Å². The Morgan fingerprint density at radius 1 is 1.11 bits per heavy atom. The third-order valence-corrected chi connectivity index (χ3v) is 2.88. The Morgan fingerprint density at radius 2 is 1.83 bits per heavy atom. The molecule has 18 heavy (non-hydrogen) atoms. The van der Waals surface area contributed by atoms with Crippen molar-refractivity contribution in [1.82, 2.24) is 0 Å². The van der Waals surface area contributed by atoms with Gasteiger partial charge in [0.2, 0.25) is 0 Å². The fourth-order valence-electron chi connectivity index (χ4n) is 1.49. The molecule has 1 rings (SSSR count). The lowest BCUT2D eigenvalue weighted by atomic mass is 9.93. The van der Waals surface area contributed by atoms with Gasteiger partial charge in [-0.2, -0.15) is 0 Å². The molecule has 0 spiro atoms. The highest BCUT2D eigenvalue weighted by Crippen LogP contribution is 2.30. The predicted molar refractivity (Wildman–Crippen MR) is 76.7 cm³/mol. The molecule has 0 atom stereocenters. The Morgan fingerprint density at radius 3 is 2.39 bits per heavy atom. The van der Waals surface area contributed by atoms with Crippen molar-refractivity contribution in [3.63, 3.8) is 0 Å². The number of ether oxygens (including phenoxy) is 2. The average Bonchev–Trinajstić information content (AvgIpc) is 2.29. The zero-order valence-electron chi connectivity index (χ0n) is 11.8. The predicted octanol–water partition coefficient (Wildman–Crippen LogP) is 4.64. The van der Waals surface area contributed by atoms with Gasteiger partial charge in [-0.3, -0.25) is 0 Å². The monoisotopic (exact) mass is 270 g/mol. The largest absolute Gasteiger partial charge is 0.490 e. The molecule has 2 nitrogen and oxygen atoms in total. The minimum atomic E-state index is 0.280. The van der Waals surface area contributed by atoms with Gasteiger partial charge >= 0.3 is 0 Å². The highest BCUT2D eigenvalue weighted by atomic mass is 35.5. The van der Waals surface area contributed by atoms with E-state index >= 15 is 0 Å². The first-order valence-electron chi connectivity index (χ1n) is 6.41. The summed E-state index contributed by atoms with van der Waals surface area (Å²) < 4.78 is 11.4. The van der Waals surface area contributed by atoms with Crippen LogP contribution in [0.1, 0.15) is 39.7 Å². The molecule has 0 saturated heterocycles. The number of alkyl halides is 1. The van der Waals surface area contributed by atoms with Crippen molar-refractivity contribution in [1.29, 1.82) is 0 Å². The van der Waals surface area contributed by atoms with Crippen LogP contribution in [0.4, 0.5) is 0 Å². The minimum Gasteiger partial charge on any atom is -0.490 e. The second kappa shape index (κ2) is 6.89. The van der Waals surface area contributed by atoms with Crippen molar-refractivity contribution >= 4 is 11.6 Å². The van der Waals surface area contributed by atoms with Gasteiger partial charge in [0.1, 0.15) is 0 Å². The van der Waals surface area contributed by atoms with E-state index in [-0.39, 0.29) is 5.41 Å². The summed E-state index contributed by atoms with van der Waals surface area (Å²) in [6.07, 6.45) is 1.01. The van der Waals surface area contributed by atoms with E-state index in [0.717, 1.165) is 23.5 Å². The second-order valence-corrected chi connectivity index (χ2v) is 5.77. The SMILES string of the molecule is CCOc1cc(CCl)ccc1OCCC(C)(C)C. The number of benzene rings is 1. The van der Waals surface area contributed by atoms with Crippen LogP contribution in [0.25, 0.3) is 0 Å². The van der Waals surface area contributed by atoms with Crippen molar-refractivity contribution in [3.8, 4) is 11.5 Å². The molecule has 0 radical (unpaired) electrons. The Balaban J connectivity index is 2.68. The Labute approximate surface area is 115 Å². The average molecular weight is 271 g/mol. The Hall–Kier alpha value is -0.890. The van der Waals surface area contributed by atoms with Crippen molar-refractivity contribution < 1.29 is 9.47 Å². The van der Waals surface area contributed by atoms with Crippen LogP contribution in [0, 0.1) is 5.41 Å². The maximum absolute atomic E-state index is 5.82. The molecular weight excluding hydrogens is 248 g/mol. The standard InChI is InChI=1S/C15H23ClO2/c1-5-17-14-10-12(11-16)6-7-13(14)18-9-8-15(2,3)4/h6-7,10H,5,8-9,11H2,1-4H3. The summed E-state index contributed by atoms with van der Waals surface area (Å²) in [4.78, 5) is 0. The van der Waals surface area contributed by atoms with Crippen molar-refractivity contribution in [3.05, 3.63) is 23.8 Å². The van der Waals surface area contributed by atoms with E-state index in [0.29, 0.717) is 19.1 Å². The van der Waals surface area contributed by atoms with E-state index in [1.807, 2.05) is 25.1 Å². The molecule has 0 N–H and O–H groups in total. The van der Waals surface area contributed by atoms with Crippen molar-refractivity contribution in [2.24, 2.45) is 5.41 Å².